The van der Waals surface area contributed by atoms with Crippen molar-refractivity contribution >= 4 is 36.2 Å². The third kappa shape index (κ3) is 3.58. The molecule has 0 aromatic carbocycles. The average molecular weight is 295 g/mol. The van der Waals surface area contributed by atoms with Crippen LogP contribution < -0.4 is 5.32 Å². The van der Waals surface area contributed by atoms with Gasteiger partial charge >= 0.3 is 0 Å². The Balaban J connectivity index is 0.000000722. The summed E-state index contributed by atoms with van der Waals surface area (Å²) < 4.78 is 0. The molecule has 0 spiro atoms. The van der Waals surface area contributed by atoms with E-state index < -0.39 is 0 Å². The highest BCUT2D eigenvalue weighted by Crippen LogP contribution is 2.45. The van der Waals surface area contributed by atoms with Crippen molar-refractivity contribution in [1.29, 1.82) is 0 Å². The van der Waals surface area contributed by atoms with E-state index in [1.807, 2.05) is 11.3 Å². The zero-order valence-electron chi connectivity index (χ0n) is 9.80. The lowest BCUT2D eigenvalue weighted by Gasteiger charge is -2.35. The first kappa shape index (κ1) is 15.3. The van der Waals surface area contributed by atoms with Crippen LogP contribution in [-0.2, 0) is 0 Å². The first-order valence-electron chi connectivity index (χ1n) is 5.92. The molecule has 2 nitrogen and oxygen atoms in total. The molecule has 1 aliphatic heterocycles. The summed E-state index contributed by atoms with van der Waals surface area (Å²) in [7, 11) is 0. The van der Waals surface area contributed by atoms with Crippen LogP contribution in [0.25, 0.3) is 0 Å². The molecule has 1 N–H and O–H groups in total. The summed E-state index contributed by atoms with van der Waals surface area (Å²) in [5.41, 5.74) is 1.56. The van der Waals surface area contributed by atoms with Gasteiger partial charge in [0.15, 0.2) is 0 Å². The fourth-order valence-electron chi connectivity index (χ4n) is 2.60. The molecule has 2 aliphatic rings. The van der Waals surface area contributed by atoms with E-state index in [-0.39, 0.29) is 24.8 Å². The highest BCUT2D eigenvalue weighted by atomic mass is 35.5. The predicted molar refractivity (Wildman–Crippen MR) is 78.7 cm³/mol. The van der Waals surface area contributed by atoms with Gasteiger partial charge in [-0.1, -0.05) is 0 Å². The zero-order valence-corrected chi connectivity index (χ0v) is 12.3. The molecule has 1 atom stereocenters. The summed E-state index contributed by atoms with van der Waals surface area (Å²) >= 11 is 1.83. The molecule has 17 heavy (non-hydrogen) atoms. The molecular formula is C12H20Cl2N2S. The Morgan fingerprint density at radius 1 is 1.24 bits per heavy atom. The highest BCUT2D eigenvalue weighted by molar-refractivity contribution is 7.07. The minimum absolute atomic E-state index is 0. The van der Waals surface area contributed by atoms with E-state index in [9.17, 15) is 0 Å². The third-order valence-corrected chi connectivity index (χ3v) is 4.20. The number of rotatable bonds is 3. The SMILES string of the molecule is Cl.Cl.c1cc([C@@H](C2CC2)N2CCNCC2)cs1. The lowest BCUT2D eigenvalue weighted by molar-refractivity contribution is 0.156. The minimum Gasteiger partial charge on any atom is -0.314 e. The van der Waals surface area contributed by atoms with Crippen molar-refractivity contribution in [2.75, 3.05) is 26.2 Å². The normalized spacial score (nSPS) is 22.4. The lowest BCUT2D eigenvalue weighted by Crippen LogP contribution is -2.45. The summed E-state index contributed by atoms with van der Waals surface area (Å²) in [6, 6.07) is 3.04. The van der Waals surface area contributed by atoms with Gasteiger partial charge in [-0.2, -0.15) is 11.3 Å². The van der Waals surface area contributed by atoms with Crippen LogP contribution in [0.2, 0.25) is 0 Å². The molecule has 3 rings (SSSR count). The van der Waals surface area contributed by atoms with Crippen LogP contribution >= 0.6 is 36.2 Å². The van der Waals surface area contributed by atoms with Crippen LogP contribution in [0.3, 0.4) is 0 Å². The number of nitrogens with zero attached hydrogens (tertiary/aromatic N) is 1. The van der Waals surface area contributed by atoms with Crippen LogP contribution in [0, 0.1) is 5.92 Å². The molecule has 0 radical (unpaired) electrons. The summed E-state index contributed by atoms with van der Waals surface area (Å²) in [6.07, 6.45) is 2.87. The van der Waals surface area contributed by atoms with Crippen molar-refractivity contribution in [1.82, 2.24) is 10.2 Å². The van der Waals surface area contributed by atoms with Crippen LogP contribution in [0.5, 0.6) is 0 Å². The Labute approximate surface area is 120 Å². The lowest BCUT2D eigenvalue weighted by atomic mass is 10.0. The Kier molecular flexibility index (Phi) is 6.24. The number of thiophene rings is 1. The molecule has 0 amide bonds. The van der Waals surface area contributed by atoms with Crippen molar-refractivity contribution in [2.24, 2.45) is 5.92 Å². The highest BCUT2D eigenvalue weighted by Gasteiger charge is 2.36. The maximum Gasteiger partial charge on any atom is 0.0385 e. The first-order valence-corrected chi connectivity index (χ1v) is 6.86. The standard InChI is InChI=1S/C12H18N2S.2ClH/c1-2-10(1)12(11-3-8-15-9-11)14-6-4-13-5-7-14;;/h3,8-10,12-13H,1-2,4-7H2;2*1H/t12-;;/m1../s1. The third-order valence-electron chi connectivity index (χ3n) is 3.50. The molecule has 1 aromatic heterocycles. The Morgan fingerprint density at radius 3 is 2.47 bits per heavy atom. The van der Waals surface area contributed by atoms with Gasteiger partial charge in [0.1, 0.15) is 0 Å². The van der Waals surface area contributed by atoms with Gasteiger partial charge < -0.3 is 5.32 Å². The van der Waals surface area contributed by atoms with E-state index >= 15 is 0 Å². The fraction of sp³-hybridized carbons (Fsp3) is 0.667. The van der Waals surface area contributed by atoms with Gasteiger partial charge in [0.05, 0.1) is 0 Å². The maximum absolute atomic E-state index is 3.44. The molecule has 1 saturated carbocycles. The number of hydrogen-bond acceptors (Lipinski definition) is 3. The Morgan fingerprint density at radius 2 is 1.94 bits per heavy atom. The van der Waals surface area contributed by atoms with E-state index in [0.717, 1.165) is 25.0 Å². The van der Waals surface area contributed by atoms with Gasteiger partial charge in [-0.25, -0.2) is 0 Å². The summed E-state index contributed by atoms with van der Waals surface area (Å²) in [5.74, 6) is 0.942. The summed E-state index contributed by atoms with van der Waals surface area (Å²) in [5, 5.41) is 7.99. The minimum atomic E-state index is 0. The monoisotopic (exact) mass is 294 g/mol. The quantitative estimate of drug-likeness (QED) is 0.922. The molecule has 1 aliphatic carbocycles. The molecule has 1 aromatic rings. The molecule has 1 saturated heterocycles. The smallest absolute Gasteiger partial charge is 0.0385 e. The average Bonchev–Trinajstić information content (AvgIpc) is 2.96. The summed E-state index contributed by atoms with van der Waals surface area (Å²) in [4.78, 5) is 2.68. The second kappa shape index (κ2) is 6.95. The number of nitrogens with one attached hydrogen (secondary N) is 1. The van der Waals surface area contributed by atoms with Crippen LogP contribution in [-0.4, -0.2) is 31.1 Å². The van der Waals surface area contributed by atoms with Crippen molar-refractivity contribution < 1.29 is 0 Å². The van der Waals surface area contributed by atoms with Gasteiger partial charge in [-0.3, -0.25) is 4.90 Å². The molecule has 98 valence electrons. The van der Waals surface area contributed by atoms with E-state index in [4.69, 9.17) is 0 Å². The van der Waals surface area contributed by atoms with Crippen LogP contribution in [0.15, 0.2) is 16.8 Å². The second-order valence-electron chi connectivity index (χ2n) is 4.62. The van der Waals surface area contributed by atoms with Gasteiger partial charge in [0.25, 0.3) is 0 Å². The van der Waals surface area contributed by atoms with Gasteiger partial charge in [0.2, 0.25) is 0 Å². The largest absolute Gasteiger partial charge is 0.314 e. The summed E-state index contributed by atoms with van der Waals surface area (Å²) in [6.45, 7) is 4.76. The molecular weight excluding hydrogens is 275 g/mol. The van der Waals surface area contributed by atoms with Crippen molar-refractivity contribution in [3.63, 3.8) is 0 Å². The van der Waals surface area contributed by atoms with Crippen molar-refractivity contribution in [2.45, 2.75) is 18.9 Å². The van der Waals surface area contributed by atoms with E-state index in [1.165, 1.54) is 25.9 Å². The number of halogens is 2. The van der Waals surface area contributed by atoms with E-state index in [1.54, 1.807) is 5.56 Å². The predicted octanol–water partition coefficient (Wildman–Crippen LogP) is 2.95. The van der Waals surface area contributed by atoms with E-state index in [0.29, 0.717) is 0 Å². The van der Waals surface area contributed by atoms with Crippen molar-refractivity contribution in [3.8, 4) is 0 Å². The van der Waals surface area contributed by atoms with E-state index in [2.05, 4.69) is 27.0 Å². The maximum atomic E-state index is 3.44. The van der Waals surface area contributed by atoms with Crippen molar-refractivity contribution in [3.05, 3.63) is 22.4 Å². The number of hydrogen-bond donors (Lipinski definition) is 1. The second-order valence-corrected chi connectivity index (χ2v) is 5.40. The zero-order chi connectivity index (χ0) is 10.1. The molecule has 2 fully saturated rings. The number of piperazine rings is 1. The molecule has 2 heterocycles. The Hall–Kier alpha value is 0.200. The molecule has 0 bridgehead atoms. The van der Waals surface area contributed by atoms with Gasteiger partial charge in [-0.15, -0.1) is 24.8 Å². The molecule has 0 unspecified atom stereocenters. The first-order chi connectivity index (χ1) is 7.45. The molecule has 5 heteroatoms. The topological polar surface area (TPSA) is 15.3 Å². The fourth-order valence-corrected chi connectivity index (χ4v) is 3.29. The Bertz CT molecular complexity index is 308. The van der Waals surface area contributed by atoms with Gasteiger partial charge in [0, 0.05) is 32.2 Å². The van der Waals surface area contributed by atoms with Gasteiger partial charge in [-0.05, 0) is 41.1 Å². The van der Waals surface area contributed by atoms with Crippen LogP contribution in [0.1, 0.15) is 24.4 Å². The van der Waals surface area contributed by atoms with Crippen LogP contribution in [0.4, 0.5) is 0 Å².